The first-order valence-electron chi connectivity index (χ1n) is 6.61. The van der Waals surface area contributed by atoms with Gasteiger partial charge < -0.3 is 9.26 Å². The number of rotatable bonds is 6. The highest BCUT2D eigenvalue weighted by atomic mass is 19.4. The van der Waals surface area contributed by atoms with E-state index in [1.165, 1.54) is 0 Å². The van der Waals surface area contributed by atoms with Crippen molar-refractivity contribution in [3.05, 3.63) is 45.6 Å². The van der Waals surface area contributed by atoms with Crippen molar-refractivity contribution in [3.8, 4) is 5.75 Å². The molecule has 0 aliphatic carbocycles. The fraction of sp³-hybridized carbons (Fsp3) is 0.385. The van der Waals surface area contributed by atoms with Crippen LogP contribution in [0.1, 0.15) is 30.6 Å². The van der Waals surface area contributed by atoms with Crippen LogP contribution in [0.3, 0.4) is 0 Å². The standard InChI is InChI=1S/C13H12F3N3O4/c1-2-3-11-17-12(23-18-11)7-22-10-5-4-8(19(20)21)6-9(10)13(14,15)16/h4-6H,2-3,7H2,1H3. The summed E-state index contributed by atoms with van der Waals surface area (Å²) in [5.74, 6) is -0.0795. The first-order valence-corrected chi connectivity index (χ1v) is 6.61. The van der Waals surface area contributed by atoms with Gasteiger partial charge >= 0.3 is 6.18 Å². The second kappa shape index (κ2) is 6.63. The van der Waals surface area contributed by atoms with E-state index in [0.29, 0.717) is 18.3 Å². The molecule has 10 heteroatoms. The number of alkyl halides is 3. The van der Waals surface area contributed by atoms with Crippen LogP contribution in [0.5, 0.6) is 5.75 Å². The molecule has 2 rings (SSSR count). The van der Waals surface area contributed by atoms with E-state index in [0.717, 1.165) is 18.6 Å². The average molecular weight is 331 g/mol. The predicted molar refractivity (Wildman–Crippen MR) is 70.7 cm³/mol. The summed E-state index contributed by atoms with van der Waals surface area (Å²) in [4.78, 5) is 13.7. The van der Waals surface area contributed by atoms with E-state index in [1.807, 2.05) is 6.92 Å². The highest BCUT2D eigenvalue weighted by Crippen LogP contribution is 2.38. The van der Waals surface area contributed by atoms with Crippen LogP contribution in [0.15, 0.2) is 22.7 Å². The Hall–Kier alpha value is -2.65. The third-order valence-corrected chi connectivity index (χ3v) is 2.81. The van der Waals surface area contributed by atoms with E-state index in [9.17, 15) is 23.3 Å². The fourth-order valence-corrected chi connectivity index (χ4v) is 1.79. The maximum absolute atomic E-state index is 13.0. The van der Waals surface area contributed by atoms with E-state index >= 15 is 0 Å². The topological polar surface area (TPSA) is 91.3 Å². The Morgan fingerprint density at radius 2 is 2.13 bits per heavy atom. The highest BCUT2D eigenvalue weighted by molar-refractivity contribution is 5.45. The quantitative estimate of drug-likeness (QED) is 0.594. The minimum atomic E-state index is -4.79. The van der Waals surface area contributed by atoms with E-state index in [2.05, 4.69) is 10.1 Å². The number of aryl methyl sites for hydroxylation is 1. The summed E-state index contributed by atoms with van der Waals surface area (Å²) >= 11 is 0. The smallest absolute Gasteiger partial charge is 0.420 e. The van der Waals surface area contributed by atoms with Crippen molar-refractivity contribution in [2.75, 3.05) is 0 Å². The maximum atomic E-state index is 13.0. The van der Waals surface area contributed by atoms with Crippen LogP contribution in [-0.4, -0.2) is 15.1 Å². The number of hydrogen-bond donors (Lipinski definition) is 0. The van der Waals surface area contributed by atoms with Gasteiger partial charge in [-0.05, 0) is 12.5 Å². The number of non-ortho nitro benzene ring substituents is 1. The first-order chi connectivity index (χ1) is 10.8. The van der Waals surface area contributed by atoms with Crippen molar-refractivity contribution in [3.63, 3.8) is 0 Å². The van der Waals surface area contributed by atoms with Gasteiger partial charge in [0.1, 0.15) is 11.3 Å². The lowest BCUT2D eigenvalue weighted by Crippen LogP contribution is -2.09. The molecule has 0 bridgehead atoms. The third-order valence-electron chi connectivity index (χ3n) is 2.81. The minimum Gasteiger partial charge on any atom is -0.483 e. The van der Waals surface area contributed by atoms with Crippen molar-refractivity contribution < 1.29 is 27.4 Å². The largest absolute Gasteiger partial charge is 0.483 e. The lowest BCUT2D eigenvalue weighted by molar-refractivity contribution is -0.385. The molecule has 0 atom stereocenters. The number of nitro benzene ring substituents is 1. The zero-order chi connectivity index (χ0) is 17.0. The Bertz CT molecular complexity index is 700. The molecule has 0 aliphatic heterocycles. The molecule has 0 radical (unpaired) electrons. The molecule has 1 aromatic carbocycles. The van der Waals surface area contributed by atoms with E-state index < -0.39 is 28.1 Å². The van der Waals surface area contributed by atoms with Crippen LogP contribution < -0.4 is 4.74 Å². The van der Waals surface area contributed by atoms with Gasteiger partial charge in [0.15, 0.2) is 12.4 Å². The molecule has 0 amide bonds. The number of nitro groups is 1. The van der Waals surface area contributed by atoms with Gasteiger partial charge in [0.25, 0.3) is 11.6 Å². The molecule has 0 N–H and O–H groups in total. The van der Waals surface area contributed by atoms with Crippen LogP contribution in [-0.2, 0) is 19.2 Å². The number of hydrogen-bond acceptors (Lipinski definition) is 6. The molecule has 0 spiro atoms. The van der Waals surface area contributed by atoms with Gasteiger partial charge in [-0.2, -0.15) is 18.2 Å². The Morgan fingerprint density at radius 1 is 1.39 bits per heavy atom. The maximum Gasteiger partial charge on any atom is 0.420 e. The fourth-order valence-electron chi connectivity index (χ4n) is 1.79. The summed E-state index contributed by atoms with van der Waals surface area (Å²) in [6, 6.07) is 2.25. The van der Waals surface area contributed by atoms with Crippen molar-refractivity contribution in [1.29, 1.82) is 0 Å². The summed E-state index contributed by atoms with van der Waals surface area (Å²) in [5.41, 5.74) is -1.91. The van der Waals surface area contributed by atoms with Gasteiger partial charge in [-0.25, -0.2) is 0 Å². The molecule has 0 unspecified atom stereocenters. The second-order valence-corrected chi connectivity index (χ2v) is 4.58. The summed E-state index contributed by atoms with van der Waals surface area (Å²) < 4.78 is 48.8. The molecule has 7 nitrogen and oxygen atoms in total. The Morgan fingerprint density at radius 3 is 2.74 bits per heavy atom. The van der Waals surface area contributed by atoms with Crippen molar-refractivity contribution in [2.45, 2.75) is 32.5 Å². The van der Waals surface area contributed by atoms with Crippen molar-refractivity contribution in [2.24, 2.45) is 0 Å². The molecule has 0 saturated carbocycles. The Kier molecular flexibility index (Phi) is 4.82. The molecule has 23 heavy (non-hydrogen) atoms. The van der Waals surface area contributed by atoms with Gasteiger partial charge in [0.05, 0.1) is 4.92 Å². The molecule has 0 fully saturated rings. The first kappa shape index (κ1) is 16.7. The SMILES string of the molecule is CCCc1noc(COc2ccc([N+](=O)[O-])cc2C(F)(F)F)n1. The van der Waals surface area contributed by atoms with Gasteiger partial charge in [-0.15, -0.1) is 0 Å². The molecular formula is C13H12F3N3O4. The molecule has 1 aromatic heterocycles. The van der Waals surface area contributed by atoms with E-state index in [4.69, 9.17) is 9.26 Å². The lowest BCUT2D eigenvalue weighted by atomic mass is 10.1. The van der Waals surface area contributed by atoms with E-state index in [-0.39, 0.29) is 12.5 Å². The number of benzene rings is 1. The number of halogens is 3. The van der Waals surface area contributed by atoms with Crippen LogP contribution in [0.2, 0.25) is 0 Å². The molecular weight excluding hydrogens is 319 g/mol. The highest BCUT2D eigenvalue weighted by Gasteiger charge is 2.36. The van der Waals surface area contributed by atoms with Crippen LogP contribution in [0.4, 0.5) is 18.9 Å². The second-order valence-electron chi connectivity index (χ2n) is 4.58. The lowest BCUT2D eigenvalue weighted by Gasteiger charge is -2.12. The monoisotopic (exact) mass is 331 g/mol. The molecule has 0 saturated heterocycles. The zero-order valence-corrected chi connectivity index (χ0v) is 12.0. The van der Waals surface area contributed by atoms with Gasteiger partial charge in [0, 0.05) is 18.6 Å². The number of nitrogens with zero attached hydrogens (tertiary/aromatic N) is 3. The minimum absolute atomic E-state index is 0.0277. The molecule has 124 valence electrons. The van der Waals surface area contributed by atoms with Gasteiger partial charge in [-0.1, -0.05) is 12.1 Å². The van der Waals surface area contributed by atoms with Crippen molar-refractivity contribution in [1.82, 2.24) is 10.1 Å². The Labute approximate surface area is 128 Å². The normalized spacial score (nSPS) is 11.5. The van der Waals surface area contributed by atoms with Crippen LogP contribution >= 0.6 is 0 Å². The van der Waals surface area contributed by atoms with Crippen molar-refractivity contribution >= 4 is 5.69 Å². The third kappa shape index (κ3) is 4.18. The molecule has 2 aromatic rings. The zero-order valence-electron chi connectivity index (χ0n) is 12.0. The molecule has 0 aliphatic rings. The van der Waals surface area contributed by atoms with E-state index in [1.54, 1.807) is 0 Å². The van der Waals surface area contributed by atoms with Crippen LogP contribution in [0.25, 0.3) is 0 Å². The molecule has 1 heterocycles. The van der Waals surface area contributed by atoms with Crippen LogP contribution in [0, 0.1) is 10.1 Å². The number of aromatic nitrogens is 2. The summed E-state index contributed by atoms with van der Waals surface area (Å²) in [7, 11) is 0. The Balaban J connectivity index is 2.19. The van der Waals surface area contributed by atoms with Gasteiger partial charge in [0.2, 0.25) is 0 Å². The average Bonchev–Trinajstić information content (AvgIpc) is 2.92. The summed E-state index contributed by atoms with van der Waals surface area (Å²) in [6.45, 7) is 1.55. The summed E-state index contributed by atoms with van der Waals surface area (Å²) in [5, 5.41) is 14.2. The predicted octanol–water partition coefficient (Wildman–Crippen LogP) is 3.53. The van der Waals surface area contributed by atoms with Gasteiger partial charge in [-0.3, -0.25) is 10.1 Å². The number of ether oxygens (including phenoxy) is 1. The summed E-state index contributed by atoms with van der Waals surface area (Å²) in [6.07, 6.45) is -3.42.